The lowest BCUT2D eigenvalue weighted by atomic mass is 9.84. The van der Waals surface area contributed by atoms with Crippen LogP contribution in [0.4, 0.5) is 13.2 Å². The molecule has 9 aromatic carbocycles. The first-order chi connectivity index (χ1) is 28.1. The van der Waals surface area contributed by atoms with Gasteiger partial charge in [-0.25, -0.2) is 0 Å². The molecule has 10 rings (SSSR count). The number of nitriles is 3. The highest BCUT2D eigenvalue weighted by atomic mass is 19.4. The third-order valence-electron chi connectivity index (χ3n) is 11.8. The summed E-state index contributed by atoms with van der Waals surface area (Å²) in [5.74, 6) is 0. The zero-order chi connectivity index (χ0) is 40.0. The molecule has 0 bridgehead atoms. The smallest absolute Gasteiger partial charge is 0.192 e. The molecule has 0 aromatic heterocycles. The maximum Gasteiger partial charge on any atom is 0.416 e. The summed E-state index contributed by atoms with van der Waals surface area (Å²) in [5.41, 5.74) is 12.6. The minimum absolute atomic E-state index is 0.544. The average Bonchev–Trinajstić information content (AvgIpc) is 3.55. The number of rotatable bonds is 3. The Balaban J connectivity index is 1.31. The van der Waals surface area contributed by atoms with Gasteiger partial charge < -0.3 is 0 Å². The minimum atomic E-state index is -4.42. The van der Waals surface area contributed by atoms with Gasteiger partial charge in [-0.15, -0.1) is 0 Å². The van der Waals surface area contributed by atoms with Crippen molar-refractivity contribution in [1.82, 2.24) is 0 Å². The Morgan fingerprint density at radius 2 is 0.845 bits per heavy atom. The second kappa shape index (κ2) is 12.7. The van der Waals surface area contributed by atoms with Gasteiger partial charge in [-0.1, -0.05) is 60.7 Å². The summed E-state index contributed by atoms with van der Waals surface area (Å²) in [6.45, 7) is 4.02. The summed E-state index contributed by atoms with van der Waals surface area (Å²) < 4.78 is 40.4. The van der Waals surface area contributed by atoms with Crippen molar-refractivity contribution in [3.63, 3.8) is 0 Å². The Hall–Kier alpha value is -7.72. The molecule has 0 saturated heterocycles. The van der Waals surface area contributed by atoms with Crippen molar-refractivity contribution in [3.05, 3.63) is 167 Å². The summed E-state index contributed by atoms with van der Waals surface area (Å²) in [4.78, 5) is 0. The standard InChI is InChI=1S/C52H28F3N3/c1-28-18-30(25-56)6-13-35(28)43-22-49-45(38-15-8-32(27-58)20-42(38)43)21-44(36-14-7-31(26-57)19-29(36)2)48-24-47-41-17-16-37(33-9-11-34(12-10-33)52(53,54)55)39-4-3-5-40(51(39)41)46(47)23-50(48)49/h3-24H,1-2H3. The second-order valence-electron chi connectivity index (χ2n) is 15.0. The zero-order valence-electron chi connectivity index (χ0n) is 31.2. The molecule has 1 aliphatic rings. The molecule has 9 aromatic rings. The van der Waals surface area contributed by atoms with Gasteiger partial charge in [0.1, 0.15) is 0 Å². The molecule has 0 atom stereocenters. The van der Waals surface area contributed by atoms with Gasteiger partial charge in [0.15, 0.2) is 0 Å². The van der Waals surface area contributed by atoms with Crippen molar-refractivity contribution in [3.8, 4) is 73.8 Å². The molecule has 0 fully saturated rings. The predicted molar refractivity (Wildman–Crippen MR) is 226 cm³/mol. The zero-order valence-corrected chi connectivity index (χ0v) is 31.2. The third-order valence-corrected chi connectivity index (χ3v) is 11.8. The Morgan fingerprint density at radius 3 is 1.43 bits per heavy atom. The highest BCUT2D eigenvalue weighted by molar-refractivity contribution is 6.27. The molecule has 0 saturated carbocycles. The van der Waals surface area contributed by atoms with Crippen LogP contribution in [-0.4, -0.2) is 0 Å². The minimum Gasteiger partial charge on any atom is -0.192 e. The van der Waals surface area contributed by atoms with Crippen LogP contribution in [0, 0.1) is 47.8 Å². The van der Waals surface area contributed by atoms with Crippen LogP contribution in [-0.2, 0) is 6.18 Å². The van der Waals surface area contributed by atoms with E-state index in [2.05, 4.69) is 54.6 Å². The van der Waals surface area contributed by atoms with E-state index in [1.165, 1.54) is 0 Å². The van der Waals surface area contributed by atoms with Gasteiger partial charge in [0.05, 0.1) is 40.5 Å². The van der Waals surface area contributed by atoms with Gasteiger partial charge in [0, 0.05) is 0 Å². The van der Waals surface area contributed by atoms with E-state index < -0.39 is 11.7 Å². The molecular formula is C52H28F3N3. The Labute approximate surface area is 331 Å². The quantitative estimate of drug-likeness (QED) is 0.169. The van der Waals surface area contributed by atoms with E-state index in [9.17, 15) is 29.0 Å². The van der Waals surface area contributed by atoms with E-state index in [0.29, 0.717) is 22.3 Å². The summed E-state index contributed by atoms with van der Waals surface area (Å²) >= 11 is 0. The molecule has 0 unspecified atom stereocenters. The van der Waals surface area contributed by atoms with Crippen molar-refractivity contribution in [1.29, 1.82) is 15.8 Å². The molecule has 0 radical (unpaired) electrons. The first kappa shape index (κ1) is 34.7. The summed E-state index contributed by atoms with van der Waals surface area (Å²) in [7, 11) is 0. The average molecular weight is 752 g/mol. The highest BCUT2D eigenvalue weighted by Crippen LogP contribution is 2.53. The first-order valence-electron chi connectivity index (χ1n) is 18.7. The van der Waals surface area contributed by atoms with Crippen molar-refractivity contribution in [2.24, 2.45) is 0 Å². The van der Waals surface area contributed by atoms with Crippen LogP contribution in [0.1, 0.15) is 33.4 Å². The topological polar surface area (TPSA) is 71.4 Å². The van der Waals surface area contributed by atoms with Crippen LogP contribution < -0.4 is 0 Å². The van der Waals surface area contributed by atoms with Crippen LogP contribution in [0.3, 0.4) is 0 Å². The number of aryl methyl sites for hydroxylation is 2. The van der Waals surface area contributed by atoms with E-state index in [1.54, 1.807) is 12.1 Å². The van der Waals surface area contributed by atoms with Crippen LogP contribution in [0.2, 0.25) is 0 Å². The van der Waals surface area contributed by atoms with Gasteiger partial charge in [-0.05, 0) is 196 Å². The van der Waals surface area contributed by atoms with Crippen LogP contribution in [0.15, 0.2) is 133 Å². The molecule has 0 aliphatic heterocycles. The molecule has 3 nitrogen and oxygen atoms in total. The van der Waals surface area contributed by atoms with E-state index in [0.717, 1.165) is 116 Å². The van der Waals surface area contributed by atoms with Crippen molar-refractivity contribution in [2.75, 3.05) is 0 Å². The number of hydrogen-bond acceptors (Lipinski definition) is 3. The number of alkyl halides is 3. The molecule has 1 aliphatic carbocycles. The lowest BCUT2D eigenvalue weighted by molar-refractivity contribution is -0.137. The Morgan fingerprint density at radius 1 is 0.379 bits per heavy atom. The molecule has 6 heteroatoms. The van der Waals surface area contributed by atoms with Gasteiger partial charge in [-0.3, -0.25) is 0 Å². The SMILES string of the molecule is Cc1cc(C#N)ccc1-c1cc2c3cc4c(cc3c(-c3ccc(C#N)cc3C)cc2c2ccc(C#N)cc12)-c1ccc(-c2ccc(C(F)(F)F)cc2)c2cccc-4c12. The van der Waals surface area contributed by atoms with Crippen molar-refractivity contribution in [2.45, 2.75) is 20.0 Å². The van der Waals surface area contributed by atoms with Gasteiger partial charge >= 0.3 is 6.18 Å². The van der Waals surface area contributed by atoms with Crippen LogP contribution in [0.25, 0.3) is 98.7 Å². The fraction of sp³-hybridized carbons (Fsp3) is 0.0577. The summed E-state index contributed by atoms with van der Waals surface area (Å²) in [5, 5.41) is 37.4. The lowest BCUT2D eigenvalue weighted by Gasteiger charge is -2.19. The van der Waals surface area contributed by atoms with Crippen molar-refractivity contribution >= 4 is 43.1 Å². The Bertz CT molecular complexity index is 3430. The molecule has 58 heavy (non-hydrogen) atoms. The van der Waals surface area contributed by atoms with E-state index in [-0.39, 0.29) is 0 Å². The molecular weight excluding hydrogens is 724 g/mol. The number of hydrogen-bond donors (Lipinski definition) is 0. The summed E-state index contributed by atoms with van der Waals surface area (Å²) in [6, 6.07) is 48.7. The molecule has 0 N–H and O–H groups in total. The fourth-order valence-electron chi connectivity index (χ4n) is 9.07. The predicted octanol–water partition coefficient (Wildman–Crippen LogP) is 14.2. The molecule has 0 amide bonds. The number of halogens is 3. The first-order valence-corrected chi connectivity index (χ1v) is 18.7. The lowest BCUT2D eigenvalue weighted by Crippen LogP contribution is -2.04. The monoisotopic (exact) mass is 751 g/mol. The molecule has 272 valence electrons. The highest BCUT2D eigenvalue weighted by Gasteiger charge is 2.30. The van der Waals surface area contributed by atoms with Crippen LogP contribution in [0.5, 0.6) is 0 Å². The van der Waals surface area contributed by atoms with Gasteiger partial charge in [0.25, 0.3) is 0 Å². The number of fused-ring (bicyclic) bond motifs is 8. The maximum atomic E-state index is 13.5. The maximum absolute atomic E-state index is 13.5. The van der Waals surface area contributed by atoms with Gasteiger partial charge in [0.2, 0.25) is 0 Å². The number of nitrogens with zero attached hydrogens (tertiary/aromatic N) is 3. The normalized spacial score (nSPS) is 11.8. The van der Waals surface area contributed by atoms with Gasteiger partial charge in [-0.2, -0.15) is 29.0 Å². The molecule has 0 spiro atoms. The third kappa shape index (κ3) is 5.18. The second-order valence-corrected chi connectivity index (χ2v) is 15.0. The van der Waals surface area contributed by atoms with E-state index in [1.807, 2.05) is 86.6 Å². The molecule has 0 heterocycles. The fourth-order valence-corrected chi connectivity index (χ4v) is 9.07. The van der Waals surface area contributed by atoms with E-state index in [4.69, 9.17) is 0 Å². The Kier molecular flexibility index (Phi) is 7.58. The van der Waals surface area contributed by atoms with E-state index >= 15 is 0 Å². The largest absolute Gasteiger partial charge is 0.416 e. The van der Waals surface area contributed by atoms with Crippen molar-refractivity contribution < 1.29 is 13.2 Å². The number of benzene rings is 9. The van der Waals surface area contributed by atoms with Crippen LogP contribution >= 0.6 is 0 Å². The summed E-state index contributed by atoms with van der Waals surface area (Å²) in [6.07, 6.45) is -4.42.